The highest BCUT2D eigenvalue weighted by atomic mass is 32.2. The number of carbonyl (C=O) groups excluding carboxylic acids is 2. The fourth-order valence-electron chi connectivity index (χ4n) is 3.29. The van der Waals surface area contributed by atoms with E-state index in [-0.39, 0.29) is 36.0 Å². The summed E-state index contributed by atoms with van der Waals surface area (Å²) in [6.07, 6.45) is 1.33. The maximum Gasteiger partial charge on any atom is 0.243 e. The predicted molar refractivity (Wildman–Crippen MR) is 126 cm³/mol. The monoisotopic (exact) mass is 444 g/mol. The van der Waals surface area contributed by atoms with Crippen molar-refractivity contribution in [2.24, 2.45) is 0 Å². The number of hydrogen-bond donors (Lipinski definition) is 1. The van der Waals surface area contributed by atoms with E-state index in [4.69, 9.17) is 0 Å². The first-order valence-electron chi connectivity index (χ1n) is 10.8. The van der Waals surface area contributed by atoms with Gasteiger partial charge >= 0.3 is 0 Å². The molecule has 1 N–H and O–H groups in total. The van der Waals surface area contributed by atoms with E-state index in [2.05, 4.69) is 17.4 Å². The van der Waals surface area contributed by atoms with Crippen LogP contribution in [0.4, 0.5) is 4.39 Å². The van der Waals surface area contributed by atoms with Crippen LogP contribution < -0.4 is 5.32 Å². The first-order valence-corrected chi connectivity index (χ1v) is 12.0. The molecule has 0 aliphatic heterocycles. The van der Waals surface area contributed by atoms with Crippen molar-refractivity contribution in [1.29, 1.82) is 0 Å². The molecule has 0 aliphatic carbocycles. The third-order valence-electron chi connectivity index (χ3n) is 5.23. The van der Waals surface area contributed by atoms with E-state index in [1.807, 2.05) is 39.8 Å². The van der Waals surface area contributed by atoms with Gasteiger partial charge in [0.15, 0.2) is 0 Å². The van der Waals surface area contributed by atoms with Crippen LogP contribution in [0, 0.1) is 12.7 Å². The molecule has 4 nitrogen and oxygen atoms in total. The lowest BCUT2D eigenvalue weighted by Gasteiger charge is -2.31. The van der Waals surface area contributed by atoms with Crippen molar-refractivity contribution in [3.63, 3.8) is 0 Å². The fourth-order valence-corrected chi connectivity index (χ4v) is 4.15. The second-order valence-electron chi connectivity index (χ2n) is 7.87. The van der Waals surface area contributed by atoms with Gasteiger partial charge in [-0.15, -0.1) is 11.8 Å². The molecule has 0 unspecified atom stereocenters. The second-order valence-corrected chi connectivity index (χ2v) is 8.86. The van der Waals surface area contributed by atoms with Gasteiger partial charge in [0.05, 0.1) is 5.75 Å². The molecule has 31 heavy (non-hydrogen) atoms. The van der Waals surface area contributed by atoms with E-state index >= 15 is 0 Å². The maximum atomic E-state index is 13.3. The van der Waals surface area contributed by atoms with Crippen LogP contribution in [-0.4, -0.2) is 34.6 Å². The number of carbonyl (C=O) groups is 2. The average Bonchev–Trinajstić information content (AvgIpc) is 2.74. The molecule has 2 aromatic carbocycles. The van der Waals surface area contributed by atoms with Gasteiger partial charge in [0.25, 0.3) is 0 Å². The number of hydrogen-bond acceptors (Lipinski definition) is 3. The Kier molecular flexibility index (Phi) is 10.0. The highest BCUT2D eigenvalue weighted by Gasteiger charge is 2.29. The normalized spacial score (nSPS) is 12.8. The molecule has 2 amide bonds. The van der Waals surface area contributed by atoms with E-state index in [9.17, 15) is 14.0 Å². The number of amides is 2. The molecule has 168 valence electrons. The summed E-state index contributed by atoms with van der Waals surface area (Å²) in [6.45, 7) is 8.19. The number of nitrogens with zero attached hydrogens (tertiary/aromatic N) is 1. The summed E-state index contributed by atoms with van der Waals surface area (Å²) in [6, 6.07) is 13.8. The molecular weight excluding hydrogens is 411 g/mol. The summed E-state index contributed by atoms with van der Waals surface area (Å²) in [7, 11) is 0. The van der Waals surface area contributed by atoms with Gasteiger partial charge < -0.3 is 10.2 Å². The zero-order valence-corrected chi connectivity index (χ0v) is 19.7. The number of aryl methyl sites for hydroxylation is 1. The molecule has 0 fully saturated rings. The Morgan fingerprint density at radius 1 is 1.06 bits per heavy atom. The lowest BCUT2D eigenvalue weighted by atomic mass is 10.1. The molecule has 2 rings (SSSR count). The van der Waals surface area contributed by atoms with Crippen molar-refractivity contribution >= 4 is 23.6 Å². The number of halogens is 1. The molecule has 0 bridgehead atoms. The molecule has 2 atom stereocenters. The van der Waals surface area contributed by atoms with Gasteiger partial charge in [0.2, 0.25) is 11.8 Å². The van der Waals surface area contributed by atoms with E-state index in [1.54, 1.807) is 17.0 Å². The third kappa shape index (κ3) is 8.02. The minimum Gasteiger partial charge on any atom is -0.352 e. The molecule has 0 saturated heterocycles. The second kappa shape index (κ2) is 12.5. The van der Waals surface area contributed by atoms with Crippen molar-refractivity contribution in [3.8, 4) is 0 Å². The van der Waals surface area contributed by atoms with Gasteiger partial charge in [-0.3, -0.25) is 9.59 Å². The predicted octanol–water partition coefficient (Wildman–Crippen LogP) is 5.09. The molecule has 6 heteroatoms. The Hall–Kier alpha value is -2.34. The molecule has 0 aliphatic rings. The molecule has 0 radical (unpaired) electrons. The number of benzene rings is 2. The van der Waals surface area contributed by atoms with E-state index in [0.717, 1.165) is 17.7 Å². The number of nitrogens with one attached hydrogen (secondary N) is 1. The first-order chi connectivity index (χ1) is 14.8. The summed E-state index contributed by atoms with van der Waals surface area (Å²) in [4.78, 5) is 27.7. The lowest BCUT2D eigenvalue weighted by molar-refractivity contribution is -0.139. The van der Waals surface area contributed by atoms with Crippen LogP contribution in [-0.2, 0) is 21.9 Å². The third-order valence-corrected chi connectivity index (χ3v) is 6.22. The van der Waals surface area contributed by atoms with Gasteiger partial charge in [-0.1, -0.05) is 55.8 Å². The van der Waals surface area contributed by atoms with Crippen molar-refractivity contribution in [2.45, 2.75) is 64.9 Å². The Morgan fingerprint density at radius 3 is 2.39 bits per heavy atom. The average molecular weight is 445 g/mol. The standard InChI is InChI=1S/C25H33FN2O2S/c1-5-19(4)27-25(30)23(6-2)28(15-20-10-12-22(26)13-11-20)24(29)17-31-16-21-9-7-8-18(3)14-21/h7-14,19,23H,5-6,15-17H2,1-4H3,(H,27,30)/t19-,23+/m0/s1. The molecule has 0 heterocycles. The highest BCUT2D eigenvalue weighted by Crippen LogP contribution is 2.18. The van der Waals surface area contributed by atoms with Crippen LogP contribution in [0.5, 0.6) is 0 Å². The Balaban J connectivity index is 2.13. The molecule has 0 aromatic heterocycles. The van der Waals surface area contributed by atoms with Crippen LogP contribution in [0.3, 0.4) is 0 Å². The quantitative estimate of drug-likeness (QED) is 0.525. The Labute approximate surface area is 189 Å². The topological polar surface area (TPSA) is 49.4 Å². The van der Waals surface area contributed by atoms with E-state index in [0.29, 0.717) is 6.42 Å². The minimum atomic E-state index is -0.564. The lowest BCUT2D eigenvalue weighted by Crippen LogP contribution is -2.51. The molecular formula is C25H33FN2O2S. The van der Waals surface area contributed by atoms with E-state index in [1.165, 1.54) is 35.0 Å². The summed E-state index contributed by atoms with van der Waals surface area (Å²) in [5.41, 5.74) is 3.16. The van der Waals surface area contributed by atoms with Gasteiger partial charge in [-0.05, 0) is 49.9 Å². The zero-order chi connectivity index (χ0) is 22.8. The van der Waals surface area contributed by atoms with Crippen LogP contribution >= 0.6 is 11.8 Å². The fraction of sp³-hybridized carbons (Fsp3) is 0.440. The number of thioether (sulfide) groups is 1. The van der Waals surface area contributed by atoms with Gasteiger partial charge in [-0.2, -0.15) is 0 Å². The van der Waals surface area contributed by atoms with Crippen LogP contribution in [0.15, 0.2) is 48.5 Å². The van der Waals surface area contributed by atoms with Crippen molar-refractivity contribution in [2.75, 3.05) is 5.75 Å². The summed E-state index contributed by atoms with van der Waals surface area (Å²) >= 11 is 1.54. The zero-order valence-electron chi connectivity index (χ0n) is 18.9. The maximum absolute atomic E-state index is 13.3. The SMILES string of the molecule is CC[C@H](C(=O)N[C@@H](C)CC)N(Cc1ccc(F)cc1)C(=O)CSCc1cccc(C)c1. The Morgan fingerprint density at radius 2 is 1.77 bits per heavy atom. The molecule has 0 spiro atoms. The van der Waals surface area contributed by atoms with Crippen LogP contribution in [0.25, 0.3) is 0 Å². The minimum absolute atomic E-state index is 0.0417. The summed E-state index contributed by atoms with van der Waals surface area (Å²) < 4.78 is 13.3. The van der Waals surface area contributed by atoms with Crippen LogP contribution in [0.2, 0.25) is 0 Å². The smallest absolute Gasteiger partial charge is 0.243 e. The van der Waals surface area contributed by atoms with Crippen molar-refractivity contribution in [1.82, 2.24) is 10.2 Å². The van der Waals surface area contributed by atoms with Crippen molar-refractivity contribution < 1.29 is 14.0 Å². The number of rotatable bonds is 11. The van der Waals surface area contributed by atoms with E-state index < -0.39 is 6.04 Å². The summed E-state index contributed by atoms with van der Waals surface area (Å²) in [5, 5.41) is 3.00. The van der Waals surface area contributed by atoms with Crippen molar-refractivity contribution in [3.05, 3.63) is 71.0 Å². The largest absolute Gasteiger partial charge is 0.352 e. The Bertz CT molecular complexity index is 857. The van der Waals surface area contributed by atoms with Gasteiger partial charge in [0, 0.05) is 18.3 Å². The highest BCUT2D eigenvalue weighted by molar-refractivity contribution is 7.99. The van der Waals surface area contributed by atoms with Gasteiger partial charge in [-0.25, -0.2) is 4.39 Å². The molecule has 2 aromatic rings. The summed E-state index contributed by atoms with van der Waals surface area (Å²) in [5.74, 6) is 0.455. The van der Waals surface area contributed by atoms with Gasteiger partial charge in [0.1, 0.15) is 11.9 Å². The molecule has 0 saturated carbocycles. The first kappa shape index (κ1) is 24.9. The van der Waals surface area contributed by atoms with Crippen LogP contribution in [0.1, 0.15) is 50.3 Å².